The van der Waals surface area contributed by atoms with Crippen LogP contribution in [0.4, 0.5) is 13.2 Å². The molecule has 18 heavy (non-hydrogen) atoms. The van der Waals surface area contributed by atoms with Crippen LogP contribution in [0.25, 0.3) is 0 Å². The van der Waals surface area contributed by atoms with E-state index in [1.54, 1.807) is 0 Å². The topological polar surface area (TPSA) is 18.5 Å². The highest BCUT2D eigenvalue weighted by Gasteiger charge is 2.30. The lowest BCUT2D eigenvalue weighted by atomic mass is 10.1. The summed E-state index contributed by atoms with van der Waals surface area (Å²) < 4.78 is 48.3. The SMILES string of the molecule is FC(F)(F)c1cccc(OCC2CCCCO2)c1. The van der Waals surface area contributed by atoms with Crippen LogP contribution in [0.2, 0.25) is 0 Å². The average Bonchev–Trinajstić information content (AvgIpc) is 2.37. The molecule has 0 amide bonds. The summed E-state index contributed by atoms with van der Waals surface area (Å²) in [6.45, 7) is 1.01. The van der Waals surface area contributed by atoms with E-state index in [-0.39, 0.29) is 11.9 Å². The van der Waals surface area contributed by atoms with E-state index in [4.69, 9.17) is 9.47 Å². The van der Waals surface area contributed by atoms with Gasteiger partial charge in [0.15, 0.2) is 0 Å². The second-order valence-corrected chi connectivity index (χ2v) is 4.33. The van der Waals surface area contributed by atoms with E-state index < -0.39 is 11.7 Å². The Morgan fingerprint density at radius 3 is 2.78 bits per heavy atom. The lowest BCUT2D eigenvalue weighted by Crippen LogP contribution is -2.25. The fraction of sp³-hybridized carbons (Fsp3) is 0.538. The van der Waals surface area contributed by atoms with Gasteiger partial charge >= 0.3 is 6.18 Å². The third-order valence-electron chi connectivity index (χ3n) is 2.87. The monoisotopic (exact) mass is 260 g/mol. The second-order valence-electron chi connectivity index (χ2n) is 4.33. The van der Waals surface area contributed by atoms with Gasteiger partial charge in [-0.2, -0.15) is 13.2 Å². The molecule has 1 fully saturated rings. The number of ether oxygens (including phenoxy) is 2. The van der Waals surface area contributed by atoms with Gasteiger partial charge in [0.05, 0.1) is 11.7 Å². The Hall–Kier alpha value is -1.23. The van der Waals surface area contributed by atoms with Crippen molar-refractivity contribution in [1.29, 1.82) is 0 Å². The Kier molecular flexibility index (Phi) is 4.11. The number of hydrogen-bond acceptors (Lipinski definition) is 2. The first kappa shape index (κ1) is 13.2. The zero-order valence-corrected chi connectivity index (χ0v) is 9.87. The zero-order chi connectivity index (χ0) is 13.0. The Morgan fingerprint density at radius 2 is 2.11 bits per heavy atom. The average molecular weight is 260 g/mol. The maximum atomic E-state index is 12.5. The van der Waals surface area contributed by atoms with Gasteiger partial charge in [-0.3, -0.25) is 0 Å². The summed E-state index contributed by atoms with van der Waals surface area (Å²) in [5.74, 6) is 0.235. The lowest BCUT2D eigenvalue weighted by Gasteiger charge is -2.22. The number of halogens is 3. The molecule has 100 valence electrons. The van der Waals surface area contributed by atoms with Crippen LogP contribution in [0.1, 0.15) is 24.8 Å². The molecule has 0 N–H and O–H groups in total. The van der Waals surface area contributed by atoms with E-state index in [0.717, 1.165) is 31.4 Å². The minimum absolute atomic E-state index is 0.00621. The highest BCUT2D eigenvalue weighted by molar-refractivity contribution is 5.30. The molecular formula is C13H15F3O2. The molecule has 0 aromatic heterocycles. The number of benzene rings is 1. The summed E-state index contributed by atoms with van der Waals surface area (Å²) in [6, 6.07) is 4.92. The van der Waals surface area contributed by atoms with Gasteiger partial charge in [-0.15, -0.1) is 0 Å². The van der Waals surface area contributed by atoms with Crippen LogP contribution in [-0.4, -0.2) is 19.3 Å². The third-order valence-corrected chi connectivity index (χ3v) is 2.87. The summed E-state index contributed by atoms with van der Waals surface area (Å²) in [6.07, 6.45) is -1.32. The van der Waals surface area contributed by atoms with E-state index in [1.165, 1.54) is 12.1 Å². The van der Waals surface area contributed by atoms with E-state index >= 15 is 0 Å². The summed E-state index contributed by atoms with van der Waals surface area (Å²) in [7, 11) is 0. The van der Waals surface area contributed by atoms with Gasteiger partial charge < -0.3 is 9.47 Å². The highest BCUT2D eigenvalue weighted by Crippen LogP contribution is 2.31. The first-order valence-electron chi connectivity index (χ1n) is 5.97. The molecular weight excluding hydrogens is 245 g/mol. The molecule has 1 atom stereocenters. The van der Waals surface area contributed by atoms with Gasteiger partial charge in [0, 0.05) is 6.61 Å². The number of rotatable bonds is 3. The van der Waals surface area contributed by atoms with Crippen molar-refractivity contribution in [2.45, 2.75) is 31.5 Å². The predicted octanol–water partition coefficient (Wildman–Crippen LogP) is 3.65. The van der Waals surface area contributed by atoms with E-state index in [0.29, 0.717) is 13.2 Å². The molecule has 0 radical (unpaired) electrons. The Balaban J connectivity index is 1.92. The summed E-state index contributed by atoms with van der Waals surface area (Å²) >= 11 is 0. The van der Waals surface area contributed by atoms with Gasteiger partial charge in [-0.25, -0.2) is 0 Å². The highest BCUT2D eigenvalue weighted by atomic mass is 19.4. The van der Waals surface area contributed by atoms with Crippen LogP contribution in [0.15, 0.2) is 24.3 Å². The fourth-order valence-electron chi connectivity index (χ4n) is 1.89. The Labute approximate surface area is 104 Å². The minimum Gasteiger partial charge on any atom is -0.491 e. The van der Waals surface area contributed by atoms with Crippen LogP contribution in [0.3, 0.4) is 0 Å². The van der Waals surface area contributed by atoms with Crippen molar-refractivity contribution in [3.8, 4) is 5.75 Å². The molecule has 2 nitrogen and oxygen atoms in total. The van der Waals surface area contributed by atoms with Crippen molar-refractivity contribution in [2.75, 3.05) is 13.2 Å². The molecule has 0 bridgehead atoms. The Bertz CT molecular complexity index is 384. The minimum atomic E-state index is -4.33. The van der Waals surface area contributed by atoms with Crippen molar-refractivity contribution in [2.24, 2.45) is 0 Å². The van der Waals surface area contributed by atoms with Crippen molar-refractivity contribution in [3.05, 3.63) is 29.8 Å². The second kappa shape index (κ2) is 5.61. The quantitative estimate of drug-likeness (QED) is 0.825. The third kappa shape index (κ3) is 3.63. The van der Waals surface area contributed by atoms with Gasteiger partial charge in [0.2, 0.25) is 0 Å². The van der Waals surface area contributed by atoms with Crippen LogP contribution < -0.4 is 4.74 Å². The molecule has 1 heterocycles. The molecule has 0 saturated carbocycles. The summed E-state index contributed by atoms with van der Waals surface area (Å²) in [5, 5.41) is 0. The normalized spacial score (nSPS) is 20.7. The van der Waals surface area contributed by atoms with Gasteiger partial charge in [0.1, 0.15) is 12.4 Å². The van der Waals surface area contributed by atoms with Gasteiger partial charge in [0.25, 0.3) is 0 Å². The van der Waals surface area contributed by atoms with Crippen LogP contribution >= 0.6 is 0 Å². The zero-order valence-electron chi connectivity index (χ0n) is 9.87. The molecule has 2 rings (SSSR count). The van der Waals surface area contributed by atoms with E-state index in [1.807, 2.05) is 0 Å². The molecule has 0 aliphatic carbocycles. The molecule has 1 aliphatic rings. The summed E-state index contributed by atoms with van der Waals surface area (Å²) in [5.41, 5.74) is -0.690. The van der Waals surface area contributed by atoms with E-state index in [9.17, 15) is 13.2 Å². The molecule has 5 heteroatoms. The molecule has 1 unspecified atom stereocenters. The fourth-order valence-corrected chi connectivity index (χ4v) is 1.89. The molecule has 1 aromatic carbocycles. The summed E-state index contributed by atoms with van der Waals surface area (Å²) in [4.78, 5) is 0. The maximum absolute atomic E-state index is 12.5. The van der Waals surface area contributed by atoms with Gasteiger partial charge in [-0.1, -0.05) is 6.07 Å². The molecule has 0 spiro atoms. The van der Waals surface area contributed by atoms with Crippen molar-refractivity contribution >= 4 is 0 Å². The van der Waals surface area contributed by atoms with Crippen LogP contribution in [0, 0.1) is 0 Å². The van der Waals surface area contributed by atoms with Crippen LogP contribution in [0.5, 0.6) is 5.75 Å². The number of alkyl halides is 3. The van der Waals surface area contributed by atoms with Crippen molar-refractivity contribution in [3.63, 3.8) is 0 Å². The lowest BCUT2D eigenvalue weighted by molar-refractivity contribution is -0.137. The van der Waals surface area contributed by atoms with Gasteiger partial charge in [-0.05, 0) is 37.5 Å². The molecule has 1 aromatic rings. The first-order chi connectivity index (χ1) is 8.55. The Morgan fingerprint density at radius 1 is 1.28 bits per heavy atom. The number of hydrogen-bond donors (Lipinski definition) is 0. The van der Waals surface area contributed by atoms with Crippen molar-refractivity contribution < 1.29 is 22.6 Å². The van der Waals surface area contributed by atoms with Crippen molar-refractivity contribution in [1.82, 2.24) is 0 Å². The van der Waals surface area contributed by atoms with Crippen LogP contribution in [-0.2, 0) is 10.9 Å². The smallest absolute Gasteiger partial charge is 0.416 e. The molecule has 1 aliphatic heterocycles. The predicted molar refractivity (Wildman–Crippen MR) is 60.5 cm³/mol. The largest absolute Gasteiger partial charge is 0.491 e. The van der Waals surface area contributed by atoms with E-state index in [2.05, 4.69) is 0 Å². The first-order valence-corrected chi connectivity index (χ1v) is 5.97. The maximum Gasteiger partial charge on any atom is 0.416 e. The molecule has 1 saturated heterocycles. The standard InChI is InChI=1S/C13H15F3O2/c14-13(15,16)10-4-3-6-11(8-10)18-9-12-5-1-2-7-17-12/h3-4,6,8,12H,1-2,5,7,9H2.